The van der Waals surface area contributed by atoms with Crippen LogP contribution in [0.1, 0.15) is 49.4 Å². The van der Waals surface area contributed by atoms with Crippen LogP contribution in [0.4, 0.5) is 0 Å². The highest BCUT2D eigenvalue weighted by Gasteiger charge is 2.24. The van der Waals surface area contributed by atoms with Crippen LogP contribution in [0.25, 0.3) is 0 Å². The average molecular weight is 438 g/mol. The van der Waals surface area contributed by atoms with Gasteiger partial charge in [0.15, 0.2) is 6.61 Å². The van der Waals surface area contributed by atoms with Gasteiger partial charge in [0.05, 0.1) is 30.5 Å². The Hall–Kier alpha value is -2.61. The zero-order valence-corrected chi connectivity index (χ0v) is 17.1. The third-order valence-electron chi connectivity index (χ3n) is 3.92. The van der Waals surface area contributed by atoms with E-state index in [1.54, 1.807) is 32.9 Å². The maximum absolute atomic E-state index is 12.5. The van der Waals surface area contributed by atoms with Gasteiger partial charge in [-0.05, 0) is 60.5 Å². The van der Waals surface area contributed by atoms with Crippen LogP contribution in [0.15, 0.2) is 22.7 Å². The molecule has 27 heavy (non-hydrogen) atoms. The molecule has 0 saturated heterocycles. The molecule has 0 aliphatic heterocycles. The molecule has 0 fully saturated rings. The minimum Gasteiger partial charge on any atom is -0.497 e. The van der Waals surface area contributed by atoms with Gasteiger partial charge in [-0.25, -0.2) is 9.59 Å². The molecular weight excluding hydrogens is 418 g/mol. The molecule has 1 aromatic carbocycles. The van der Waals surface area contributed by atoms with Crippen LogP contribution >= 0.6 is 15.9 Å². The molecule has 1 aromatic heterocycles. The van der Waals surface area contributed by atoms with Crippen LogP contribution in [0.5, 0.6) is 5.75 Å². The fourth-order valence-corrected chi connectivity index (χ4v) is 3.02. The van der Waals surface area contributed by atoms with E-state index in [1.807, 2.05) is 0 Å². The van der Waals surface area contributed by atoms with E-state index in [9.17, 15) is 14.4 Å². The normalized spacial score (nSPS) is 10.4. The molecule has 1 heterocycles. The van der Waals surface area contributed by atoms with Gasteiger partial charge in [0.25, 0.3) is 0 Å². The van der Waals surface area contributed by atoms with Crippen molar-refractivity contribution in [1.29, 1.82) is 0 Å². The first kappa shape index (κ1) is 20.7. The molecular formula is C19H20BrNO6. The van der Waals surface area contributed by atoms with Crippen molar-refractivity contribution in [3.63, 3.8) is 0 Å². The third-order valence-corrected chi connectivity index (χ3v) is 4.62. The zero-order valence-electron chi connectivity index (χ0n) is 15.5. The van der Waals surface area contributed by atoms with Gasteiger partial charge in [-0.15, -0.1) is 0 Å². The summed E-state index contributed by atoms with van der Waals surface area (Å²) in [5, 5.41) is 0. The van der Waals surface area contributed by atoms with Gasteiger partial charge in [-0.1, -0.05) is 0 Å². The first-order valence-corrected chi connectivity index (χ1v) is 8.99. The lowest BCUT2D eigenvalue weighted by molar-refractivity contribution is 0.0471. The van der Waals surface area contributed by atoms with Crippen molar-refractivity contribution in [3.8, 4) is 5.75 Å². The number of ether oxygens (including phenoxy) is 3. The molecule has 0 bridgehead atoms. The van der Waals surface area contributed by atoms with Crippen LogP contribution < -0.4 is 4.74 Å². The summed E-state index contributed by atoms with van der Waals surface area (Å²) in [6, 6.07) is 4.86. The fourth-order valence-electron chi connectivity index (χ4n) is 2.61. The number of Topliss-reactive ketones (excluding diaryl/α,β-unsaturated/α-hetero) is 1. The van der Waals surface area contributed by atoms with E-state index in [2.05, 4.69) is 20.9 Å². The number of carbonyl (C=O) groups is 3. The molecule has 0 aliphatic rings. The number of hydrogen-bond donors (Lipinski definition) is 1. The summed E-state index contributed by atoms with van der Waals surface area (Å²) in [6.45, 7) is 4.79. The third kappa shape index (κ3) is 4.57. The Morgan fingerprint density at radius 3 is 2.44 bits per heavy atom. The average Bonchev–Trinajstić information content (AvgIpc) is 2.94. The maximum atomic E-state index is 12.5. The summed E-state index contributed by atoms with van der Waals surface area (Å²) in [6.07, 6.45) is 0. The van der Waals surface area contributed by atoms with E-state index in [0.717, 1.165) is 0 Å². The minimum absolute atomic E-state index is 0.216. The first-order valence-electron chi connectivity index (χ1n) is 8.20. The van der Waals surface area contributed by atoms with Crippen LogP contribution in [0, 0.1) is 13.8 Å². The lowest BCUT2D eigenvalue weighted by Gasteiger charge is -2.08. The lowest BCUT2D eigenvalue weighted by atomic mass is 10.1. The number of ketones is 1. The second-order valence-corrected chi connectivity index (χ2v) is 6.54. The lowest BCUT2D eigenvalue weighted by Crippen LogP contribution is -2.16. The van der Waals surface area contributed by atoms with Gasteiger partial charge in [0.2, 0.25) is 5.78 Å². The highest BCUT2D eigenvalue weighted by atomic mass is 79.9. The quantitative estimate of drug-likeness (QED) is 0.524. The minimum atomic E-state index is -0.666. The van der Waals surface area contributed by atoms with Gasteiger partial charge in [-0.2, -0.15) is 0 Å². The second kappa shape index (κ2) is 8.85. The van der Waals surface area contributed by atoms with E-state index < -0.39 is 24.3 Å². The Morgan fingerprint density at radius 1 is 1.11 bits per heavy atom. The van der Waals surface area contributed by atoms with Crippen molar-refractivity contribution in [2.75, 3.05) is 20.3 Å². The summed E-state index contributed by atoms with van der Waals surface area (Å²) in [7, 11) is 1.49. The number of nitrogens with one attached hydrogen (secondary N) is 1. The van der Waals surface area contributed by atoms with E-state index in [-0.39, 0.29) is 17.9 Å². The molecule has 1 N–H and O–H groups in total. The van der Waals surface area contributed by atoms with Gasteiger partial charge in [-0.3, -0.25) is 4.79 Å². The zero-order chi connectivity index (χ0) is 20.1. The summed E-state index contributed by atoms with van der Waals surface area (Å²) in [5.41, 5.74) is 1.77. The Labute approximate surface area is 165 Å². The molecule has 0 unspecified atom stereocenters. The van der Waals surface area contributed by atoms with Crippen molar-refractivity contribution in [2.24, 2.45) is 0 Å². The van der Waals surface area contributed by atoms with Crippen molar-refractivity contribution < 1.29 is 28.6 Å². The number of benzene rings is 1. The number of aromatic amines is 1. The number of aryl methyl sites for hydroxylation is 1. The van der Waals surface area contributed by atoms with Crippen LogP contribution in [0.2, 0.25) is 0 Å². The molecule has 144 valence electrons. The Kier molecular flexibility index (Phi) is 6.79. The molecule has 0 aliphatic carbocycles. The molecule has 7 nitrogen and oxygen atoms in total. The molecule has 0 spiro atoms. The number of carbonyl (C=O) groups excluding carboxylic acids is 3. The van der Waals surface area contributed by atoms with Gasteiger partial charge < -0.3 is 19.2 Å². The van der Waals surface area contributed by atoms with Crippen molar-refractivity contribution in [3.05, 3.63) is 50.8 Å². The number of hydrogen-bond acceptors (Lipinski definition) is 6. The van der Waals surface area contributed by atoms with Crippen LogP contribution in [-0.4, -0.2) is 43.0 Å². The number of halogens is 1. The molecule has 0 radical (unpaired) electrons. The van der Waals surface area contributed by atoms with E-state index in [1.165, 1.54) is 13.2 Å². The molecule has 2 aromatic rings. The SMILES string of the molecule is CCOC(=O)c1c(C)[nH]c(C(=O)COC(=O)c2cc(OC)ccc2Br)c1C. The summed E-state index contributed by atoms with van der Waals surface area (Å²) in [4.78, 5) is 39.6. The van der Waals surface area contributed by atoms with E-state index >= 15 is 0 Å². The highest BCUT2D eigenvalue weighted by Crippen LogP contribution is 2.24. The maximum Gasteiger partial charge on any atom is 0.340 e. The predicted octanol–water partition coefficient (Wildman–Crippen LogP) is 3.62. The van der Waals surface area contributed by atoms with Crippen molar-refractivity contribution in [2.45, 2.75) is 20.8 Å². The van der Waals surface area contributed by atoms with Gasteiger partial charge in [0, 0.05) is 10.2 Å². The molecule has 0 amide bonds. The van der Waals surface area contributed by atoms with E-state index in [4.69, 9.17) is 14.2 Å². The highest BCUT2D eigenvalue weighted by molar-refractivity contribution is 9.10. The smallest absolute Gasteiger partial charge is 0.340 e. The Morgan fingerprint density at radius 2 is 1.81 bits per heavy atom. The predicted molar refractivity (Wildman–Crippen MR) is 102 cm³/mol. The summed E-state index contributed by atoms with van der Waals surface area (Å²) < 4.78 is 15.7. The molecule has 0 saturated carbocycles. The van der Waals surface area contributed by atoms with Gasteiger partial charge >= 0.3 is 11.9 Å². The van der Waals surface area contributed by atoms with E-state index in [0.29, 0.717) is 27.0 Å². The Balaban J connectivity index is 2.13. The second-order valence-electron chi connectivity index (χ2n) is 5.69. The molecule has 2 rings (SSSR count). The topological polar surface area (TPSA) is 94.7 Å². The fraction of sp³-hybridized carbons (Fsp3) is 0.316. The Bertz CT molecular complexity index is 887. The monoisotopic (exact) mass is 437 g/mol. The first-order chi connectivity index (χ1) is 12.8. The number of H-pyrrole nitrogens is 1. The molecule has 0 atom stereocenters. The van der Waals surface area contributed by atoms with Gasteiger partial charge in [0.1, 0.15) is 5.75 Å². The summed E-state index contributed by atoms with van der Waals surface area (Å²) >= 11 is 3.27. The van der Waals surface area contributed by atoms with Crippen LogP contribution in [0.3, 0.4) is 0 Å². The number of aromatic nitrogens is 1. The largest absolute Gasteiger partial charge is 0.497 e. The molecule has 8 heteroatoms. The number of esters is 2. The number of methoxy groups -OCH3 is 1. The van der Waals surface area contributed by atoms with Crippen molar-refractivity contribution >= 4 is 33.7 Å². The standard InChI is InChI=1S/C19H20BrNO6/c1-5-26-19(24)16-10(2)17(21-11(16)3)15(22)9-27-18(23)13-8-12(25-4)6-7-14(13)20/h6-8,21H,5,9H2,1-4H3. The summed E-state index contributed by atoms with van der Waals surface area (Å²) in [5.74, 6) is -1.12. The van der Waals surface area contributed by atoms with Crippen LogP contribution in [-0.2, 0) is 9.47 Å². The van der Waals surface area contributed by atoms with Crippen molar-refractivity contribution in [1.82, 2.24) is 4.98 Å². The number of rotatable bonds is 7.